The van der Waals surface area contributed by atoms with Crippen LogP contribution in [0.1, 0.15) is 15.9 Å². The number of nitrogens with zero attached hydrogens (tertiary/aromatic N) is 2. The Bertz CT molecular complexity index is 769. The lowest BCUT2D eigenvalue weighted by Crippen LogP contribution is -2.11. The molecule has 0 amide bonds. The Morgan fingerprint density at radius 1 is 1.00 bits per heavy atom. The zero-order valence-electron chi connectivity index (χ0n) is 10.4. The summed E-state index contributed by atoms with van der Waals surface area (Å²) in [7, 11) is 3.01. The number of ketones is 1. The maximum atomic E-state index is 12.3. The maximum absolute atomic E-state index is 12.3. The lowest BCUT2D eigenvalue weighted by molar-refractivity contribution is -0.00468. The molecule has 0 heterocycles. The zero-order valence-corrected chi connectivity index (χ0v) is 10.4. The highest BCUT2D eigenvalue weighted by molar-refractivity contribution is 6.58. The summed E-state index contributed by atoms with van der Waals surface area (Å²) < 4.78 is 10.5. The highest BCUT2D eigenvalue weighted by Gasteiger charge is 2.40. The Labute approximate surface area is 109 Å². The van der Waals surface area contributed by atoms with Crippen molar-refractivity contribution in [3.63, 3.8) is 0 Å². The number of rotatable bonds is 2. The molecule has 0 radical (unpaired) electrons. The van der Waals surface area contributed by atoms with Crippen LogP contribution in [-0.2, 0) is 0 Å². The van der Waals surface area contributed by atoms with Crippen LogP contribution in [0.4, 0.5) is 0 Å². The van der Waals surface area contributed by atoms with Crippen molar-refractivity contribution in [2.24, 2.45) is 0 Å². The Kier molecular flexibility index (Phi) is 2.37. The molecule has 1 aliphatic rings. The van der Waals surface area contributed by atoms with Gasteiger partial charge in [0.2, 0.25) is 0 Å². The van der Waals surface area contributed by atoms with E-state index >= 15 is 0 Å². The van der Waals surface area contributed by atoms with Gasteiger partial charge in [0.05, 0.1) is 19.8 Å². The van der Waals surface area contributed by atoms with Crippen LogP contribution in [0, 0.1) is 0 Å². The van der Waals surface area contributed by atoms with Crippen molar-refractivity contribution in [1.29, 1.82) is 0 Å². The molecule has 0 atom stereocenters. The van der Waals surface area contributed by atoms with Crippen LogP contribution < -0.4 is 9.47 Å². The fraction of sp³-hybridized carbons (Fsp3) is 0.143. The predicted octanol–water partition coefficient (Wildman–Crippen LogP) is 2.07. The zero-order chi connectivity index (χ0) is 13.6. The van der Waals surface area contributed by atoms with Gasteiger partial charge in [-0.3, -0.25) is 4.79 Å². The summed E-state index contributed by atoms with van der Waals surface area (Å²) in [4.78, 5) is 15.5. The molecule has 2 aromatic rings. The average molecular weight is 254 g/mol. The van der Waals surface area contributed by atoms with Gasteiger partial charge >= 0.3 is 5.71 Å². The molecule has 3 rings (SSSR count). The SMILES string of the molecule is COc1ccc2ccc(OC)c3c2c1C(=O)C3=[N+]=[N-]. The molecule has 0 saturated heterocycles. The Hall–Kier alpha value is -2.65. The summed E-state index contributed by atoms with van der Waals surface area (Å²) in [6, 6.07) is 7.19. The third-order valence-electron chi connectivity index (χ3n) is 3.33. The van der Waals surface area contributed by atoms with Crippen LogP contribution in [0.3, 0.4) is 0 Å². The van der Waals surface area contributed by atoms with Gasteiger partial charge in [-0.25, -0.2) is 0 Å². The van der Waals surface area contributed by atoms with Crippen molar-refractivity contribution in [1.82, 2.24) is 0 Å². The van der Waals surface area contributed by atoms with Gasteiger partial charge in [0.15, 0.2) is 0 Å². The van der Waals surface area contributed by atoms with Crippen LogP contribution in [0.2, 0.25) is 0 Å². The Balaban J connectivity index is 2.56. The molecule has 5 nitrogen and oxygen atoms in total. The first-order valence-corrected chi connectivity index (χ1v) is 5.67. The molecule has 0 bridgehead atoms. The first-order chi connectivity index (χ1) is 9.22. The van der Waals surface area contributed by atoms with Crippen LogP contribution >= 0.6 is 0 Å². The lowest BCUT2D eigenvalue weighted by atomic mass is 10.0. The van der Waals surface area contributed by atoms with E-state index in [9.17, 15) is 4.79 Å². The van der Waals surface area contributed by atoms with Crippen LogP contribution in [-0.4, -0.2) is 30.5 Å². The molecule has 1 aliphatic carbocycles. The highest BCUT2D eigenvalue weighted by atomic mass is 16.5. The van der Waals surface area contributed by atoms with E-state index in [1.54, 1.807) is 12.1 Å². The molecular weight excluding hydrogens is 244 g/mol. The van der Waals surface area contributed by atoms with Crippen molar-refractivity contribution in [3.8, 4) is 11.5 Å². The van der Waals surface area contributed by atoms with E-state index in [0.717, 1.165) is 5.39 Å². The van der Waals surface area contributed by atoms with E-state index in [1.165, 1.54) is 14.2 Å². The molecule has 0 saturated carbocycles. The van der Waals surface area contributed by atoms with Crippen molar-refractivity contribution < 1.29 is 19.1 Å². The average Bonchev–Trinajstić information content (AvgIpc) is 2.75. The van der Waals surface area contributed by atoms with E-state index in [2.05, 4.69) is 4.79 Å². The van der Waals surface area contributed by atoms with Crippen molar-refractivity contribution in [2.75, 3.05) is 14.2 Å². The summed E-state index contributed by atoms with van der Waals surface area (Å²) in [5.41, 5.74) is 10.0. The van der Waals surface area contributed by atoms with Gasteiger partial charge in [0.1, 0.15) is 17.1 Å². The second-order valence-electron chi connectivity index (χ2n) is 4.16. The Morgan fingerprint density at radius 3 is 2.11 bits per heavy atom. The smallest absolute Gasteiger partial charge is 0.374 e. The van der Waals surface area contributed by atoms with Gasteiger partial charge in [-0.1, -0.05) is 12.1 Å². The molecular formula is C14H10N2O3. The van der Waals surface area contributed by atoms with Crippen LogP contribution in [0.5, 0.6) is 11.5 Å². The van der Waals surface area contributed by atoms with E-state index < -0.39 is 0 Å². The molecule has 0 N–H and O–H groups in total. The minimum Gasteiger partial charge on any atom is -0.496 e. The first-order valence-electron chi connectivity index (χ1n) is 5.67. The quantitative estimate of drug-likeness (QED) is 0.608. The minimum atomic E-state index is -0.357. The van der Waals surface area contributed by atoms with Crippen molar-refractivity contribution in [3.05, 3.63) is 40.9 Å². The van der Waals surface area contributed by atoms with Gasteiger partial charge in [-0.05, 0) is 17.5 Å². The largest absolute Gasteiger partial charge is 0.496 e. The van der Waals surface area contributed by atoms with Crippen LogP contribution in [0.15, 0.2) is 24.3 Å². The molecule has 19 heavy (non-hydrogen) atoms. The fourth-order valence-electron chi connectivity index (χ4n) is 2.51. The number of hydrogen-bond acceptors (Lipinski definition) is 3. The molecule has 0 fully saturated rings. The summed E-state index contributed by atoms with van der Waals surface area (Å²) in [5.74, 6) is 0.607. The van der Waals surface area contributed by atoms with Crippen molar-refractivity contribution in [2.45, 2.75) is 0 Å². The molecule has 0 spiro atoms. The summed E-state index contributed by atoms with van der Waals surface area (Å²) >= 11 is 0. The predicted molar refractivity (Wildman–Crippen MR) is 69.1 cm³/mol. The van der Waals surface area contributed by atoms with E-state index in [-0.39, 0.29) is 11.5 Å². The monoisotopic (exact) mass is 254 g/mol. The number of benzene rings is 2. The van der Waals surface area contributed by atoms with E-state index in [4.69, 9.17) is 15.0 Å². The molecule has 0 unspecified atom stereocenters. The second-order valence-corrected chi connectivity index (χ2v) is 4.16. The van der Waals surface area contributed by atoms with Gasteiger partial charge in [0.25, 0.3) is 5.78 Å². The first kappa shape index (κ1) is 11.4. The maximum Gasteiger partial charge on any atom is 0.374 e. The van der Waals surface area contributed by atoms with Gasteiger partial charge in [0, 0.05) is 5.39 Å². The topological polar surface area (TPSA) is 71.9 Å². The third kappa shape index (κ3) is 1.33. The second kappa shape index (κ2) is 3.93. The summed E-state index contributed by atoms with van der Waals surface area (Å²) in [6.45, 7) is 0. The normalized spacial score (nSPS) is 12.7. The van der Waals surface area contributed by atoms with Gasteiger partial charge < -0.3 is 15.0 Å². The standard InChI is InChI=1S/C14H10N2O3/c1-18-8-5-3-7-4-6-9(19-2)12-10(7)11(8)13(16-15)14(12)17/h3-6H,1-2H3. The number of methoxy groups -OCH3 is 2. The molecule has 0 aliphatic heterocycles. The van der Waals surface area contributed by atoms with Gasteiger partial charge in [-0.2, -0.15) is 4.79 Å². The molecule has 0 aromatic heterocycles. The minimum absolute atomic E-state index is 0.0121. The van der Waals surface area contributed by atoms with Crippen LogP contribution in [0.25, 0.3) is 16.3 Å². The molecule has 5 heteroatoms. The summed E-state index contributed by atoms with van der Waals surface area (Å²) in [6.07, 6.45) is 0. The third-order valence-corrected chi connectivity index (χ3v) is 3.33. The fourth-order valence-corrected chi connectivity index (χ4v) is 2.51. The molecule has 94 valence electrons. The highest BCUT2D eigenvalue weighted by Crippen LogP contribution is 2.40. The van der Waals surface area contributed by atoms with E-state index in [1.807, 2.05) is 12.1 Å². The molecule has 2 aromatic carbocycles. The number of carbonyl (C=O) groups excluding carboxylic acids is 1. The Morgan fingerprint density at radius 2 is 1.58 bits per heavy atom. The lowest BCUT2D eigenvalue weighted by Gasteiger charge is -2.07. The van der Waals surface area contributed by atoms with E-state index in [0.29, 0.717) is 28.0 Å². The van der Waals surface area contributed by atoms with Gasteiger partial charge in [-0.15, -0.1) is 0 Å². The number of hydrogen-bond donors (Lipinski definition) is 0. The number of Topliss-reactive ketones (excluding diaryl/α,β-unsaturated/α-hetero) is 1. The van der Waals surface area contributed by atoms with Crippen molar-refractivity contribution >= 4 is 22.3 Å². The number of carbonyl (C=O) groups is 1. The number of ether oxygens (including phenoxy) is 2. The summed E-state index contributed by atoms with van der Waals surface area (Å²) in [5, 5.41) is 1.58.